The van der Waals surface area contributed by atoms with E-state index in [9.17, 15) is 13.6 Å². The summed E-state index contributed by atoms with van der Waals surface area (Å²) in [6.07, 6.45) is -0.336. The van der Waals surface area contributed by atoms with Crippen LogP contribution in [0.2, 0.25) is 0 Å². The molecule has 0 aliphatic rings. The van der Waals surface area contributed by atoms with Crippen LogP contribution >= 0.6 is 0 Å². The molecule has 0 aliphatic carbocycles. The smallest absolute Gasteiger partial charge is 0.307 e. The number of pyridine rings is 1. The predicted octanol–water partition coefficient (Wildman–Crippen LogP) is 2.65. The zero-order chi connectivity index (χ0) is 13.1. The van der Waals surface area contributed by atoms with Gasteiger partial charge in [0, 0.05) is 5.56 Å². The second kappa shape index (κ2) is 4.91. The fraction of sp³-hybridized carbons (Fsp3) is 0.0769. The fourth-order valence-electron chi connectivity index (χ4n) is 1.66. The lowest BCUT2D eigenvalue weighted by atomic mass is 10.0. The number of halogens is 2. The zero-order valence-corrected chi connectivity index (χ0v) is 9.23. The predicted molar refractivity (Wildman–Crippen MR) is 60.9 cm³/mol. The Kier molecular flexibility index (Phi) is 3.32. The third-order valence-electron chi connectivity index (χ3n) is 2.42. The summed E-state index contributed by atoms with van der Waals surface area (Å²) in [5.41, 5.74) is 0.387. The Morgan fingerprint density at radius 1 is 1.17 bits per heavy atom. The average Bonchev–Trinajstić information content (AvgIpc) is 2.32. The van der Waals surface area contributed by atoms with Gasteiger partial charge >= 0.3 is 5.97 Å². The summed E-state index contributed by atoms with van der Waals surface area (Å²) < 4.78 is 26.7. The molecule has 3 nitrogen and oxygen atoms in total. The van der Waals surface area contributed by atoms with Gasteiger partial charge < -0.3 is 5.11 Å². The maximum Gasteiger partial charge on any atom is 0.307 e. The van der Waals surface area contributed by atoms with Crippen LogP contribution in [0.25, 0.3) is 11.3 Å². The quantitative estimate of drug-likeness (QED) is 0.851. The summed E-state index contributed by atoms with van der Waals surface area (Å²) in [7, 11) is 0. The maximum atomic E-state index is 13.6. The molecule has 0 bridgehead atoms. The number of carboxylic acids is 1. The van der Waals surface area contributed by atoms with Gasteiger partial charge in [0.1, 0.15) is 5.82 Å². The molecule has 2 rings (SSSR count). The Morgan fingerprint density at radius 2 is 1.89 bits per heavy atom. The molecule has 18 heavy (non-hydrogen) atoms. The van der Waals surface area contributed by atoms with Crippen molar-refractivity contribution >= 4 is 5.97 Å². The summed E-state index contributed by atoms with van der Waals surface area (Å²) in [5.74, 6) is -2.43. The van der Waals surface area contributed by atoms with Gasteiger partial charge in [-0.1, -0.05) is 18.2 Å². The van der Waals surface area contributed by atoms with Gasteiger partial charge in [-0.3, -0.25) is 4.79 Å². The molecule has 1 aromatic carbocycles. The van der Waals surface area contributed by atoms with Crippen molar-refractivity contribution < 1.29 is 18.7 Å². The molecule has 0 spiro atoms. The first-order valence-electron chi connectivity index (χ1n) is 5.20. The molecule has 92 valence electrons. The highest BCUT2D eigenvalue weighted by Gasteiger charge is 2.14. The minimum absolute atomic E-state index is 0.0236. The topological polar surface area (TPSA) is 50.2 Å². The molecule has 0 unspecified atom stereocenters. The second-order valence-electron chi connectivity index (χ2n) is 3.69. The lowest BCUT2D eigenvalue weighted by Gasteiger charge is -2.08. The van der Waals surface area contributed by atoms with Crippen molar-refractivity contribution in [3.63, 3.8) is 0 Å². The van der Waals surface area contributed by atoms with Crippen LogP contribution in [-0.2, 0) is 11.2 Å². The first-order valence-corrected chi connectivity index (χ1v) is 5.20. The molecule has 0 saturated heterocycles. The Hall–Kier alpha value is -2.30. The van der Waals surface area contributed by atoms with Crippen LogP contribution in [0.1, 0.15) is 5.56 Å². The highest BCUT2D eigenvalue weighted by molar-refractivity contribution is 5.75. The summed E-state index contributed by atoms with van der Waals surface area (Å²) in [4.78, 5) is 14.3. The highest BCUT2D eigenvalue weighted by atomic mass is 19.1. The lowest BCUT2D eigenvalue weighted by Crippen LogP contribution is -2.04. The first kappa shape index (κ1) is 12.2. The molecular weight excluding hydrogens is 240 g/mol. The molecule has 5 heteroatoms. The summed E-state index contributed by atoms with van der Waals surface area (Å²) in [6, 6.07) is 8.08. The first-order chi connectivity index (χ1) is 8.58. The van der Waals surface area contributed by atoms with Crippen molar-refractivity contribution in [1.82, 2.24) is 4.98 Å². The maximum absolute atomic E-state index is 13.6. The van der Waals surface area contributed by atoms with Crippen LogP contribution in [0.4, 0.5) is 8.78 Å². The minimum Gasteiger partial charge on any atom is -0.481 e. The molecule has 0 amide bonds. The van der Waals surface area contributed by atoms with Crippen LogP contribution in [0.15, 0.2) is 36.4 Å². The molecule has 0 aliphatic heterocycles. The monoisotopic (exact) mass is 249 g/mol. The van der Waals surface area contributed by atoms with Gasteiger partial charge in [0.05, 0.1) is 12.1 Å². The normalized spacial score (nSPS) is 10.3. The van der Waals surface area contributed by atoms with Gasteiger partial charge in [-0.25, -0.2) is 9.37 Å². The second-order valence-corrected chi connectivity index (χ2v) is 3.69. The van der Waals surface area contributed by atoms with Crippen LogP contribution in [0.3, 0.4) is 0 Å². The van der Waals surface area contributed by atoms with Crippen molar-refractivity contribution in [2.24, 2.45) is 0 Å². The summed E-state index contributed by atoms with van der Waals surface area (Å²) in [6.45, 7) is 0. The van der Waals surface area contributed by atoms with E-state index in [0.29, 0.717) is 0 Å². The van der Waals surface area contributed by atoms with Gasteiger partial charge in [-0.05, 0) is 23.8 Å². The molecule has 0 fully saturated rings. The van der Waals surface area contributed by atoms with E-state index in [2.05, 4.69) is 4.98 Å². The van der Waals surface area contributed by atoms with E-state index >= 15 is 0 Å². The van der Waals surface area contributed by atoms with Gasteiger partial charge in [0.2, 0.25) is 5.95 Å². The Morgan fingerprint density at radius 3 is 2.56 bits per heavy atom. The van der Waals surface area contributed by atoms with Crippen molar-refractivity contribution in [1.29, 1.82) is 0 Å². The standard InChI is InChI=1S/C13H9F2NO2/c14-10-4-2-1-3-9(10)13-8(7-12(17)18)5-6-11(15)16-13/h1-6H,7H2,(H,17,18). The van der Waals surface area contributed by atoms with Crippen molar-refractivity contribution in [3.8, 4) is 11.3 Å². The molecule has 0 saturated carbocycles. The largest absolute Gasteiger partial charge is 0.481 e. The molecule has 1 aromatic heterocycles. The zero-order valence-electron chi connectivity index (χ0n) is 9.23. The van der Waals surface area contributed by atoms with E-state index in [1.54, 1.807) is 6.07 Å². The van der Waals surface area contributed by atoms with Gasteiger partial charge in [0.15, 0.2) is 0 Å². The Balaban J connectivity index is 2.58. The molecule has 0 atom stereocenters. The SMILES string of the molecule is O=C(O)Cc1ccc(F)nc1-c1ccccc1F. The number of benzene rings is 1. The fourth-order valence-corrected chi connectivity index (χ4v) is 1.66. The van der Waals surface area contributed by atoms with Crippen LogP contribution in [-0.4, -0.2) is 16.1 Å². The van der Waals surface area contributed by atoms with E-state index in [4.69, 9.17) is 5.11 Å². The van der Waals surface area contributed by atoms with Crippen molar-refractivity contribution in [2.75, 3.05) is 0 Å². The minimum atomic E-state index is -1.08. The molecule has 1 N–H and O–H groups in total. The average molecular weight is 249 g/mol. The van der Waals surface area contributed by atoms with Crippen LogP contribution < -0.4 is 0 Å². The number of nitrogens with zero attached hydrogens (tertiary/aromatic N) is 1. The van der Waals surface area contributed by atoms with E-state index in [1.807, 2.05) is 0 Å². The number of carbonyl (C=O) groups is 1. The van der Waals surface area contributed by atoms with Gasteiger partial charge in [-0.2, -0.15) is 4.39 Å². The van der Waals surface area contributed by atoms with Gasteiger partial charge in [-0.15, -0.1) is 0 Å². The van der Waals surface area contributed by atoms with E-state index in [1.165, 1.54) is 24.3 Å². The van der Waals surface area contributed by atoms with Crippen molar-refractivity contribution in [2.45, 2.75) is 6.42 Å². The van der Waals surface area contributed by atoms with E-state index in [0.717, 1.165) is 6.07 Å². The summed E-state index contributed by atoms with van der Waals surface area (Å²) in [5, 5.41) is 8.76. The molecule has 0 radical (unpaired) electrons. The van der Waals surface area contributed by atoms with Crippen molar-refractivity contribution in [3.05, 3.63) is 53.7 Å². The number of aliphatic carboxylic acids is 1. The number of hydrogen-bond acceptors (Lipinski definition) is 2. The third-order valence-corrected chi connectivity index (χ3v) is 2.42. The Labute approximate surface area is 102 Å². The lowest BCUT2D eigenvalue weighted by molar-refractivity contribution is -0.136. The number of carboxylic acid groups (broad SMARTS) is 1. The number of hydrogen-bond donors (Lipinski definition) is 1. The van der Waals surface area contributed by atoms with Crippen LogP contribution in [0, 0.1) is 11.8 Å². The highest BCUT2D eigenvalue weighted by Crippen LogP contribution is 2.25. The van der Waals surface area contributed by atoms with E-state index < -0.39 is 17.7 Å². The van der Waals surface area contributed by atoms with Crippen LogP contribution in [0.5, 0.6) is 0 Å². The number of aromatic nitrogens is 1. The third kappa shape index (κ3) is 2.51. The molecule has 2 aromatic rings. The summed E-state index contributed by atoms with van der Waals surface area (Å²) >= 11 is 0. The Bertz CT molecular complexity index is 599. The van der Waals surface area contributed by atoms with E-state index in [-0.39, 0.29) is 23.2 Å². The molecular formula is C13H9F2NO2. The number of rotatable bonds is 3. The molecule has 1 heterocycles. The van der Waals surface area contributed by atoms with Gasteiger partial charge in [0.25, 0.3) is 0 Å².